The van der Waals surface area contributed by atoms with Crippen LogP contribution in [0.4, 0.5) is 0 Å². The van der Waals surface area contributed by atoms with E-state index in [1.807, 2.05) is 0 Å². The van der Waals surface area contributed by atoms with Crippen LogP contribution < -0.4 is 15.0 Å². The molecule has 94 valence electrons. The molecule has 0 saturated heterocycles. The molecule has 0 aliphatic rings. The molecule has 2 aromatic rings. The zero-order valence-electron chi connectivity index (χ0n) is 9.86. The number of rotatable bonds is 3. The average Bonchev–Trinajstić information content (AvgIpc) is 2.41. The molecule has 0 bridgehead atoms. The molecule has 0 spiro atoms. The van der Waals surface area contributed by atoms with Gasteiger partial charge in [-0.1, -0.05) is 0 Å². The molecule has 0 amide bonds. The number of nitrogens with one attached hydrogen (secondary N) is 1. The van der Waals surface area contributed by atoms with Crippen LogP contribution in [-0.4, -0.2) is 24.2 Å². The summed E-state index contributed by atoms with van der Waals surface area (Å²) in [5.74, 6) is 1.71. The lowest BCUT2D eigenvalue weighted by molar-refractivity contribution is 0.404. The minimum atomic E-state index is -0.245. The SMILES string of the molecule is COc1ccc(OC)c(-c2ncc(Br)c(=O)[nH]2)c1. The summed E-state index contributed by atoms with van der Waals surface area (Å²) < 4.78 is 10.8. The molecule has 5 nitrogen and oxygen atoms in total. The molecule has 0 aliphatic heterocycles. The number of benzene rings is 1. The fourth-order valence-electron chi connectivity index (χ4n) is 1.52. The summed E-state index contributed by atoms with van der Waals surface area (Å²) in [6.45, 7) is 0. The van der Waals surface area contributed by atoms with E-state index in [0.717, 1.165) is 0 Å². The van der Waals surface area contributed by atoms with E-state index in [1.54, 1.807) is 32.4 Å². The maximum absolute atomic E-state index is 11.6. The third kappa shape index (κ3) is 2.38. The molecule has 0 unspecified atom stereocenters. The molecule has 0 radical (unpaired) electrons. The summed E-state index contributed by atoms with van der Waals surface area (Å²) in [6, 6.07) is 5.29. The van der Waals surface area contributed by atoms with E-state index in [4.69, 9.17) is 9.47 Å². The van der Waals surface area contributed by atoms with Gasteiger partial charge < -0.3 is 14.5 Å². The number of hydrogen-bond acceptors (Lipinski definition) is 4. The first-order chi connectivity index (χ1) is 8.65. The summed E-state index contributed by atoms with van der Waals surface area (Å²) in [5.41, 5.74) is 0.423. The number of aromatic amines is 1. The van der Waals surface area contributed by atoms with E-state index in [2.05, 4.69) is 25.9 Å². The van der Waals surface area contributed by atoms with Gasteiger partial charge in [0.2, 0.25) is 0 Å². The number of ether oxygens (including phenoxy) is 2. The van der Waals surface area contributed by atoms with Gasteiger partial charge in [-0.3, -0.25) is 4.79 Å². The average molecular weight is 311 g/mol. The van der Waals surface area contributed by atoms with Gasteiger partial charge >= 0.3 is 0 Å². The topological polar surface area (TPSA) is 64.2 Å². The number of hydrogen-bond donors (Lipinski definition) is 1. The van der Waals surface area contributed by atoms with Gasteiger partial charge in [-0.2, -0.15) is 0 Å². The third-order valence-electron chi connectivity index (χ3n) is 2.42. The quantitative estimate of drug-likeness (QED) is 0.944. The van der Waals surface area contributed by atoms with E-state index in [0.29, 0.717) is 27.4 Å². The minimum absolute atomic E-state index is 0.245. The van der Waals surface area contributed by atoms with Gasteiger partial charge in [-0.05, 0) is 34.1 Å². The monoisotopic (exact) mass is 310 g/mol. The first-order valence-corrected chi connectivity index (χ1v) is 5.92. The Morgan fingerprint density at radius 1 is 1.28 bits per heavy atom. The van der Waals surface area contributed by atoms with Crippen molar-refractivity contribution in [2.75, 3.05) is 14.2 Å². The van der Waals surface area contributed by atoms with Crippen LogP contribution in [0.1, 0.15) is 0 Å². The second-order valence-corrected chi connectivity index (χ2v) is 4.33. The van der Waals surface area contributed by atoms with Crippen LogP contribution in [0.2, 0.25) is 0 Å². The van der Waals surface area contributed by atoms with Crippen LogP contribution in [0, 0.1) is 0 Å². The van der Waals surface area contributed by atoms with Crippen LogP contribution in [0.3, 0.4) is 0 Å². The highest BCUT2D eigenvalue weighted by atomic mass is 79.9. The van der Waals surface area contributed by atoms with Gasteiger partial charge in [-0.25, -0.2) is 4.98 Å². The largest absolute Gasteiger partial charge is 0.497 e. The Balaban J connectivity index is 2.60. The molecule has 2 rings (SSSR count). The van der Waals surface area contributed by atoms with Gasteiger partial charge in [0, 0.05) is 6.20 Å². The Hall–Kier alpha value is -1.82. The second kappa shape index (κ2) is 5.22. The summed E-state index contributed by atoms with van der Waals surface area (Å²) in [4.78, 5) is 18.4. The lowest BCUT2D eigenvalue weighted by Crippen LogP contribution is -2.09. The molecule has 0 saturated carbocycles. The first-order valence-electron chi connectivity index (χ1n) is 5.13. The predicted molar refractivity (Wildman–Crippen MR) is 71.1 cm³/mol. The van der Waals surface area contributed by atoms with Crippen molar-refractivity contribution >= 4 is 15.9 Å². The summed E-state index contributed by atoms with van der Waals surface area (Å²) in [5, 5.41) is 0. The van der Waals surface area contributed by atoms with Crippen LogP contribution in [0.5, 0.6) is 11.5 Å². The molecule has 0 atom stereocenters. The second-order valence-electron chi connectivity index (χ2n) is 3.48. The Morgan fingerprint density at radius 2 is 2.06 bits per heavy atom. The third-order valence-corrected chi connectivity index (χ3v) is 2.98. The smallest absolute Gasteiger partial charge is 0.265 e. The van der Waals surface area contributed by atoms with Crippen molar-refractivity contribution in [2.24, 2.45) is 0 Å². The number of aromatic nitrogens is 2. The zero-order valence-corrected chi connectivity index (χ0v) is 11.4. The Labute approximate surface area is 112 Å². The standard InChI is InChI=1S/C12H11BrN2O3/c1-17-7-3-4-10(18-2)8(5-7)11-14-6-9(13)12(16)15-11/h3-6H,1-2H3,(H,14,15,16). The number of halogens is 1. The molecular weight excluding hydrogens is 300 g/mol. The highest BCUT2D eigenvalue weighted by Crippen LogP contribution is 2.30. The van der Waals surface area contributed by atoms with Crippen molar-refractivity contribution in [1.29, 1.82) is 0 Å². The molecule has 1 aromatic carbocycles. The normalized spacial score (nSPS) is 10.2. The maximum atomic E-state index is 11.6. The summed E-state index contributed by atoms with van der Waals surface area (Å²) in [6.07, 6.45) is 1.45. The molecule has 6 heteroatoms. The van der Waals surface area contributed by atoms with Crippen molar-refractivity contribution in [3.63, 3.8) is 0 Å². The van der Waals surface area contributed by atoms with E-state index < -0.39 is 0 Å². The lowest BCUT2D eigenvalue weighted by Gasteiger charge is -2.09. The molecule has 0 fully saturated rings. The van der Waals surface area contributed by atoms with Crippen molar-refractivity contribution in [1.82, 2.24) is 9.97 Å². The van der Waals surface area contributed by atoms with E-state index in [-0.39, 0.29) is 5.56 Å². The van der Waals surface area contributed by atoms with Gasteiger partial charge in [-0.15, -0.1) is 0 Å². The number of methoxy groups -OCH3 is 2. The Morgan fingerprint density at radius 3 is 2.67 bits per heavy atom. The zero-order chi connectivity index (χ0) is 13.1. The van der Waals surface area contributed by atoms with Gasteiger partial charge in [0.15, 0.2) is 0 Å². The molecule has 1 aromatic heterocycles. The van der Waals surface area contributed by atoms with Crippen LogP contribution in [0.15, 0.2) is 33.7 Å². The molecular formula is C12H11BrN2O3. The van der Waals surface area contributed by atoms with Gasteiger partial charge in [0.05, 0.1) is 19.8 Å². The fourth-order valence-corrected chi connectivity index (χ4v) is 1.72. The van der Waals surface area contributed by atoms with E-state index >= 15 is 0 Å². The van der Waals surface area contributed by atoms with Gasteiger partial charge in [0.1, 0.15) is 21.8 Å². The van der Waals surface area contributed by atoms with Gasteiger partial charge in [0.25, 0.3) is 5.56 Å². The van der Waals surface area contributed by atoms with Crippen LogP contribution in [-0.2, 0) is 0 Å². The number of H-pyrrole nitrogens is 1. The summed E-state index contributed by atoms with van der Waals surface area (Å²) in [7, 11) is 3.13. The Bertz CT molecular complexity index is 625. The Kier molecular flexibility index (Phi) is 3.66. The predicted octanol–water partition coefficient (Wildman–Crippen LogP) is 2.22. The first kappa shape index (κ1) is 12.6. The van der Waals surface area contributed by atoms with Crippen molar-refractivity contribution in [3.8, 4) is 22.9 Å². The van der Waals surface area contributed by atoms with Crippen molar-refractivity contribution < 1.29 is 9.47 Å². The van der Waals surface area contributed by atoms with Crippen molar-refractivity contribution in [3.05, 3.63) is 39.2 Å². The van der Waals surface area contributed by atoms with E-state index in [1.165, 1.54) is 6.20 Å². The molecule has 18 heavy (non-hydrogen) atoms. The molecule has 1 N–H and O–H groups in total. The summed E-state index contributed by atoms with van der Waals surface area (Å²) >= 11 is 3.10. The highest BCUT2D eigenvalue weighted by molar-refractivity contribution is 9.10. The van der Waals surface area contributed by atoms with Crippen molar-refractivity contribution in [2.45, 2.75) is 0 Å². The van der Waals surface area contributed by atoms with Crippen LogP contribution >= 0.6 is 15.9 Å². The van der Waals surface area contributed by atoms with Crippen LogP contribution in [0.25, 0.3) is 11.4 Å². The fraction of sp³-hybridized carbons (Fsp3) is 0.167. The molecule has 1 heterocycles. The minimum Gasteiger partial charge on any atom is -0.497 e. The number of nitrogens with zero attached hydrogens (tertiary/aromatic N) is 1. The molecule has 0 aliphatic carbocycles. The van der Waals surface area contributed by atoms with E-state index in [9.17, 15) is 4.79 Å². The lowest BCUT2D eigenvalue weighted by atomic mass is 10.1. The highest BCUT2D eigenvalue weighted by Gasteiger charge is 2.10. The maximum Gasteiger partial charge on any atom is 0.265 e.